The van der Waals surface area contributed by atoms with Crippen molar-refractivity contribution in [1.29, 1.82) is 0 Å². The van der Waals surface area contributed by atoms with Gasteiger partial charge in [-0.1, -0.05) is 69.3 Å². The summed E-state index contributed by atoms with van der Waals surface area (Å²) < 4.78 is 12.3. The summed E-state index contributed by atoms with van der Waals surface area (Å²) >= 11 is -3.34. The molecule has 0 saturated heterocycles. The Labute approximate surface area is 338 Å². The fraction of sp³-hybridized carbons (Fsp3) is 0.0962. The van der Waals surface area contributed by atoms with Gasteiger partial charge in [-0.05, 0) is 22.6 Å². The Morgan fingerprint density at radius 1 is 0.509 bits per heavy atom. The van der Waals surface area contributed by atoms with Gasteiger partial charge in [0.2, 0.25) is 0 Å². The second-order valence-corrected chi connectivity index (χ2v) is 23.8. The molecule has 7 aromatic carbocycles. The maximum absolute atomic E-state index is 6.76. The third-order valence-corrected chi connectivity index (χ3v) is 21.8. The van der Waals surface area contributed by atoms with Gasteiger partial charge in [-0.3, -0.25) is 0 Å². The molecule has 0 bridgehead atoms. The molecular weight excluding hydrogens is 755 g/mol. The minimum absolute atomic E-state index is 0.104. The van der Waals surface area contributed by atoms with E-state index in [4.69, 9.17) is 9.72 Å². The Balaban J connectivity index is 0.991. The summed E-state index contributed by atoms with van der Waals surface area (Å²) in [5.74, 6) is 1.59. The van der Waals surface area contributed by atoms with Crippen LogP contribution in [0, 0.1) is 0 Å². The van der Waals surface area contributed by atoms with Gasteiger partial charge in [0.25, 0.3) is 0 Å². The number of pyridine rings is 1. The van der Waals surface area contributed by atoms with Gasteiger partial charge in [-0.2, -0.15) is 0 Å². The van der Waals surface area contributed by atoms with Crippen molar-refractivity contribution in [3.63, 3.8) is 0 Å². The van der Waals surface area contributed by atoms with Gasteiger partial charge in [-0.25, -0.2) is 0 Å². The second-order valence-electron chi connectivity index (χ2n) is 16.0. The van der Waals surface area contributed by atoms with Crippen molar-refractivity contribution >= 4 is 53.6 Å². The van der Waals surface area contributed by atoms with Crippen molar-refractivity contribution in [3.05, 3.63) is 200 Å². The van der Waals surface area contributed by atoms with E-state index in [0.717, 1.165) is 28.6 Å². The molecule has 0 fully saturated rings. The Hall–Kier alpha value is -6.37. The fourth-order valence-electron chi connectivity index (χ4n) is 8.94. The van der Waals surface area contributed by atoms with Crippen LogP contribution in [0.4, 0.5) is 22.7 Å². The third-order valence-electron chi connectivity index (χ3n) is 11.6. The van der Waals surface area contributed by atoms with Gasteiger partial charge in [0, 0.05) is 5.56 Å². The van der Waals surface area contributed by atoms with E-state index in [0.29, 0.717) is 6.67 Å². The fourth-order valence-corrected chi connectivity index (χ4v) is 19.6. The average Bonchev–Trinajstić information content (AvgIpc) is 3.79. The molecule has 0 radical (unpaired) electrons. The maximum Gasteiger partial charge on any atom is -0.0540 e. The Kier molecular flexibility index (Phi) is 8.60. The van der Waals surface area contributed by atoms with Crippen molar-refractivity contribution in [2.45, 2.75) is 26.2 Å². The summed E-state index contributed by atoms with van der Waals surface area (Å²) in [5.41, 5.74) is 10.7. The summed E-state index contributed by atoms with van der Waals surface area (Å²) in [5, 5.41) is 0. The second kappa shape index (κ2) is 14.0. The van der Waals surface area contributed by atoms with E-state index in [1.807, 2.05) is 6.20 Å². The normalized spacial score (nSPS) is 13.9. The van der Waals surface area contributed by atoms with Crippen molar-refractivity contribution in [3.8, 4) is 33.9 Å². The third kappa shape index (κ3) is 5.94. The summed E-state index contributed by atoms with van der Waals surface area (Å²) in [6, 6.07) is 68.2. The molecule has 0 unspecified atom stereocenters. The monoisotopic (exact) mass is 799 g/mol. The molecule has 8 aromatic rings. The zero-order valence-corrected chi connectivity index (χ0v) is 34.5. The van der Waals surface area contributed by atoms with E-state index in [-0.39, 0.29) is 5.41 Å². The smallest absolute Gasteiger partial charge is 0.0540 e. The topological polar surface area (TPSA) is 28.6 Å². The van der Waals surface area contributed by atoms with Crippen LogP contribution in [0.3, 0.4) is 0 Å². The summed E-state index contributed by atoms with van der Waals surface area (Å²) in [6.45, 7) is 7.46. The first kappa shape index (κ1) is 35.1. The quantitative estimate of drug-likeness (QED) is 0.150. The van der Waals surface area contributed by atoms with Crippen molar-refractivity contribution < 1.29 is 4.74 Å². The van der Waals surface area contributed by atoms with Crippen LogP contribution in [0.2, 0.25) is 0 Å². The number of rotatable bonds is 7. The Morgan fingerprint density at radius 2 is 1.14 bits per heavy atom. The van der Waals surface area contributed by atoms with Gasteiger partial charge in [0.15, 0.2) is 0 Å². The van der Waals surface area contributed by atoms with E-state index in [1.54, 1.807) is 0 Å². The number of ether oxygens (including phenoxy) is 1. The molecule has 5 heteroatoms. The van der Waals surface area contributed by atoms with E-state index in [2.05, 4.69) is 219 Å². The van der Waals surface area contributed by atoms with E-state index in [1.165, 1.54) is 51.2 Å². The predicted octanol–water partition coefficient (Wildman–Crippen LogP) is 10.4. The summed E-state index contributed by atoms with van der Waals surface area (Å²) in [4.78, 5) is 9.84. The predicted molar refractivity (Wildman–Crippen MR) is 240 cm³/mol. The average molecular weight is 799 g/mol. The van der Waals surface area contributed by atoms with Gasteiger partial charge in [-0.15, -0.1) is 0 Å². The molecule has 0 amide bonds. The van der Waals surface area contributed by atoms with Crippen LogP contribution in [-0.4, -0.2) is 24.9 Å². The minimum Gasteiger partial charge on any atom is -0.0579 e. The molecule has 0 atom stereocenters. The number of anilines is 4. The molecule has 10 rings (SSSR count). The van der Waals surface area contributed by atoms with Crippen LogP contribution >= 0.6 is 0 Å². The van der Waals surface area contributed by atoms with Crippen molar-refractivity contribution in [2.24, 2.45) is 0 Å². The van der Waals surface area contributed by atoms with Crippen molar-refractivity contribution in [1.82, 2.24) is 4.98 Å². The largest absolute Gasteiger partial charge is 0.0579 e. The van der Waals surface area contributed by atoms with Crippen LogP contribution in [0.25, 0.3) is 22.4 Å². The van der Waals surface area contributed by atoms with E-state index in [9.17, 15) is 0 Å². The molecule has 1 aromatic heterocycles. The minimum atomic E-state index is -3.34. The Bertz CT molecular complexity index is 2700. The number of hydrogen-bond acceptors (Lipinski definition) is 4. The number of benzene rings is 7. The van der Waals surface area contributed by atoms with Crippen LogP contribution in [-0.2, 0) is 5.41 Å². The zero-order valence-electron chi connectivity index (χ0n) is 32.4. The van der Waals surface area contributed by atoms with Gasteiger partial charge >= 0.3 is 242 Å². The molecule has 276 valence electrons. The van der Waals surface area contributed by atoms with Crippen LogP contribution < -0.4 is 32.1 Å². The first-order chi connectivity index (χ1) is 27.9. The molecular formula is C52H43GeN3O. The maximum atomic E-state index is 6.76. The summed E-state index contributed by atoms with van der Waals surface area (Å²) in [7, 11) is 0. The number of fused-ring (bicyclic) bond motifs is 4. The SMILES string of the molecule is CC(C)(C)c1ccc(-c2ccccc2N2CN(c3cccc(Oc4cc[c]5c(c4)-c4nccc[c]4[Ge]5([c]4ccccc4)[c]4ccccc4)c3)c3ccccc32)cc1. The zero-order chi connectivity index (χ0) is 38.6. The molecule has 4 nitrogen and oxygen atoms in total. The number of aromatic nitrogens is 1. The molecule has 2 aliphatic rings. The summed E-state index contributed by atoms with van der Waals surface area (Å²) in [6.07, 6.45) is 1.92. The van der Waals surface area contributed by atoms with E-state index >= 15 is 0 Å². The molecule has 0 spiro atoms. The molecule has 0 N–H and O–H groups in total. The van der Waals surface area contributed by atoms with Gasteiger partial charge in [0.05, 0.1) is 0 Å². The molecule has 57 heavy (non-hydrogen) atoms. The van der Waals surface area contributed by atoms with Crippen molar-refractivity contribution in [2.75, 3.05) is 16.5 Å². The van der Waals surface area contributed by atoms with Gasteiger partial charge in [0.1, 0.15) is 0 Å². The molecule has 0 aliphatic carbocycles. The van der Waals surface area contributed by atoms with Crippen LogP contribution in [0.1, 0.15) is 26.3 Å². The number of hydrogen-bond donors (Lipinski definition) is 0. The van der Waals surface area contributed by atoms with E-state index < -0.39 is 13.3 Å². The number of nitrogens with zero attached hydrogens (tertiary/aromatic N) is 3. The first-order valence-corrected chi connectivity index (χ1v) is 23.9. The molecule has 0 saturated carbocycles. The van der Waals surface area contributed by atoms with Gasteiger partial charge < -0.3 is 0 Å². The molecule has 3 heterocycles. The van der Waals surface area contributed by atoms with Crippen LogP contribution in [0.5, 0.6) is 11.5 Å². The molecule has 2 aliphatic heterocycles. The van der Waals surface area contributed by atoms with Crippen LogP contribution in [0.15, 0.2) is 194 Å². The first-order valence-electron chi connectivity index (χ1n) is 19.7. The Morgan fingerprint density at radius 3 is 1.84 bits per heavy atom. The number of para-hydroxylation sites is 3. The standard InChI is InChI=1S/C52H43GeN3O/c1-52(2,3)38-29-27-37(28-30-38)44-22-10-11-24-48(44)56-36-55(49-25-12-13-26-50(49)56)41-20-14-21-42(34-41)57-43-31-32-46-45(35-43)51-47(23-15-33-54-51)53(46,39-16-6-4-7-17-39)40-18-8-5-9-19-40/h4-35H,36H2,1-3H3.